The second-order valence-electron chi connectivity index (χ2n) is 8.32. The van der Waals surface area contributed by atoms with E-state index in [4.69, 9.17) is 4.74 Å². The topological polar surface area (TPSA) is 58.6 Å². The zero-order valence-electron chi connectivity index (χ0n) is 16.1. The third-order valence-electron chi connectivity index (χ3n) is 4.89. The number of piperidine rings is 1. The number of allylic oxidation sites excluding steroid dienone is 1. The molecular formula is C20H34N2O3. The first-order chi connectivity index (χ1) is 11.8. The summed E-state index contributed by atoms with van der Waals surface area (Å²) in [6, 6.07) is 0. The number of amides is 2. The van der Waals surface area contributed by atoms with Crippen molar-refractivity contribution in [2.45, 2.75) is 77.7 Å². The number of hydrogen-bond donors (Lipinski definition) is 1. The molecule has 0 spiro atoms. The molecule has 0 aromatic carbocycles. The molecule has 1 heterocycles. The Morgan fingerprint density at radius 2 is 1.96 bits per heavy atom. The molecule has 1 N–H and O–H groups in total. The van der Waals surface area contributed by atoms with Crippen molar-refractivity contribution in [1.82, 2.24) is 10.2 Å². The number of ether oxygens (including phenoxy) is 1. The van der Waals surface area contributed by atoms with Crippen LogP contribution in [0.4, 0.5) is 4.79 Å². The first-order valence-electron chi connectivity index (χ1n) is 9.76. The molecule has 0 aromatic rings. The molecule has 5 nitrogen and oxygen atoms in total. The van der Waals surface area contributed by atoms with Crippen molar-refractivity contribution in [3.8, 4) is 0 Å². The molecule has 0 aromatic heterocycles. The zero-order chi connectivity index (χ0) is 18.3. The number of carbonyl (C=O) groups is 2. The molecule has 2 rings (SSSR count). The third kappa shape index (κ3) is 7.49. The highest BCUT2D eigenvalue weighted by molar-refractivity contribution is 5.76. The van der Waals surface area contributed by atoms with Crippen LogP contribution in [0.2, 0.25) is 0 Å². The van der Waals surface area contributed by atoms with Crippen LogP contribution in [0.3, 0.4) is 0 Å². The van der Waals surface area contributed by atoms with E-state index in [2.05, 4.69) is 11.4 Å². The van der Waals surface area contributed by atoms with Gasteiger partial charge in [-0.3, -0.25) is 4.79 Å². The van der Waals surface area contributed by atoms with Crippen LogP contribution in [0.25, 0.3) is 0 Å². The van der Waals surface area contributed by atoms with Gasteiger partial charge in [0.15, 0.2) is 0 Å². The minimum absolute atomic E-state index is 0.145. The second kappa shape index (κ2) is 9.25. The smallest absolute Gasteiger partial charge is 0.410 e. The van der Waals surface area contributed by atoms with Crippen molar-refractivity contribution in [2.24, 2.45) is 5.92 Å². The molecule has 0 bridgehead atoms. The van der Waals surface area contributed by atoms with Crippen molar-refractivity contribution in [2.75, 3.05) is 19.6 Å². The highest BCUT2D eigenvalue weighted by Crippen LogP contribution is 2.22. The highest BCUT2D eigenvalue weighted by Gasteiger charge is 2.27. The molecule has 1 aliphatic carbocycles. The maximum Gasteiger partial charge on any atom is 0.410 e. The highest BCUT2D eigenvalue weighted by atomic mass is 16.6. The average molecular weight is 351 g/mol. The van der Waals surface area contributed by atoms with E-state index in [0.29, 0.717) is 25.4 Å². The molecule has 0 unspecified atom stereocenters. The van der Waals surface area contributed by atoms with Gasteiger partial charge in [-0.05, 0) is 71.6 Å². The van der Waals surface area contributed by atoms with Crippen LogP contribution < -0.4 is 5.32 Å². The van der Waals surface area contributed by atoms with E-state index in [-0.39, 0.29) is 12.0 Å². The number of nitrogens with zero attached hydrogens (tertiary/aromatic N) is 1. The quantitative estimate of drug-likeness (QED) is 0.762. The number of nitrogens with one attached hydrogen (secondary N) is 1. The first-order valence-corrected chi connectivity index (χ1v) is 9.76. The Morgan fingerprint density at radius 1 is 1.24 bits per heavy atom. The lowest BCUT2D eigenvalue weighted by molar-refractivity contribution is -0.122. The van der Waals surface area contributed by atoms with Crippen molar-refractivity contribution >= 4 is 12.0 Å². The normalized spacial score (nSPS) is 19.3. The van der Waals surface area contributed by atoms with Gasteiger partial charge in [-0.15, -0.1) is 0 Å². The number of carbonyl (C=O) groups excluding carboxylic acids is 2. The van der Waals surface area contributed by atoms with Crippen LogP contribution in [0.15, 0.2) is 11.6 Å². The Kier molecular flexibility index (Phi) is 7.33. The first kappa shape index (κ1) is 19.8. The van der Waals surface area contributed by atoms with Crippen LogP contribution in [0, 0.1) is 5.92 Å². The summed E-state index contributed by atoms with van der Waals surface area (Å²) < 4.78 is 5.41. The Labute approximate surface area is 152 Å². The second-order valence-corrected chi connectivity index (χ2v) is 8.32. The minimum atomic E-state index is -0.457. The Hall–Kier alpha value is -1.52. The summed E-state index contributed by atoms with van der Waals surface area (Å²) in [6.07, 6.45) is 10.4. The van der Waals surface area contributed by atoms with Gasteiger partial charge in [0.2, 0.25) is 5.91 Å². The summed E-state index contributed by atoms with van der Waals surface area (Å²) >= 11 is 0. The molecule has 5 heteroatoms. The standard InChI is InChI=1S/C20H34N2O3/c1-20(2,3)25-19(24)22-13-10-17(11-14-22)15-18(23)21-12-9-16-7-5-4-6-8-16/h7,17H,4-6,8-15H2,1-3H3,(H,21,23). The molecule has 0 saturated carbocycles. The molecule has 1 saturated heterocycles. The van der Waals surface area contributed by atoms with Crippen LogP contribution in [0.1, 0.15) is 72.1 Å². The van der Waals surface area contributed by atoms with Gasteiger partial charge in [0, 0.05) is 26.1 Å². The van der Waals surface area contributed by atoms with Crippen LogP contribution in [-0.2, 0) is 9.53 Å². The van der Waals surface area contributed by atoms with Crippen molar-refractivity contribution in [1.29, 1.82) is 0 Å². The van der Waals surface area contributed by atoms with Gasteiger partial charge in [0.25, 0.3) is 0 Å². The van der Waals surface area contributed by atoms with Crippen LogP contribution in [0.5, 0.6) is 0 Å². The zero-order valence-corrected chi connectivity index (χ0v) is 16.1. The van der Waals surface area contributed by atoms with E-state index >= 15 is 0 Å². The lowest BCUT2D eigenvalue weighted by Gasteiger charge is -2.33. The van der Waals surface area contributed by atoms with Crippen molar-refractivity contribution in [3.05, 3.63) is 11.6 Å². The fraction of sp³-hybridized carbons (Fsp3) is 0.800. The monoisotopic (exact) mass is 350 g/mol. The lowest BCUT2D eigenvalue weighted by atomic mass is 9.93. The number of hydrogen-bond acceptors (Lipinski definition) is 3. The molecule has 142 valence electrons. The van der Waals surface area contributed by atoms with E-state index in [0.717, 1.165) is 25.8 Å². The van der Waals surface area contributed by atoms with E-state index in [1.165, 1.54) is 31.3 Å². The number of likely N-dealkylation sites (tertiary alicyclic amines) is 1. The Bertz CT molecular complexity index is 486. The van der Waals surface area contributed by atoms with E-state index in [1.807, 2.05) is 20.8 Å². The summed E-state index contributed by atoms with van der Waals surface area (Å²) in [6.45, 7) is 7.75. The van der Waals surface area contributed by atoms with E-state index < -0.39 is 5.60 Å². The molecule has 0 radical (unpaired) electrons. The molecule has 1 fully saturated rings. The fourth-order valence-corrected chi connectivity index (χ4v) is 3.47. The van der Waals surface area contributed by atoms with E-state index in [9.17, 15) is 9.59 Å². The minimum Gasteiger partial charge on any atom is -0.444 e. The largest absolute Gasteiger partial charge is 0.444 e. The van der Waals surface area contributed by atoms with Crippen LogP contribution >= 0.6 is 0 Å². The van der Waals surface area contributed by atoms with E-state index in [1.54, 1.807) is 4.90 Å². The van der Waals surface area contributed by atoms with Gasteiger partial charge < -0.3 is 15.0 Å². The van der Waals surface area contributed by atoms with Crippen molar-refractivity contribution < 1.29 is 14.3 Å². The maximum atomic E-state index is 12.1. The van der Waals surface area contributed by atoms with Gasteiger partial charge in [-0.25, -0.2) is 4.79 Å². The molecule has 0 atom stereocenters. The Balaban J connectivity index is 1.61. The summed E-state index contributed by atoms with van der Waals surface area (Å²) in [7, 11) is 0. The summed E-state index contributed by atoms with van der Waals surface area (Å²) in [5.41, 5.74) is 1.04. The predicted octanol–water partition coefficient (Wildman–Crippen LogP) is 4.03. The summed E-state index contributed by atoms with van der Waals surface area (Å²) in [5, 5.41) is 3.06. The van der Waals surface area contributed by atoms with Gasteiger partial charge in [-0.2, -0.15) is 0 Å². The van der Waals surface area contributed by atoms with Crippen LogP contribution in [-0.4, -0.2) is 42.1 Å². The van der Waals surface area contributed by atoms with Gasteiger partial charge >= 0.3 is 6.09 Å². The number of rotatable bonds is 5. The third-order valence-corrected chi connectivity index (χ3v) is 4.89. The molecule has 1 aliphatic heterocycles. The summed E-state index contributed by atoms with van der Waals surface area (Å²) in [4.78, 5) is 25.9. The van der Waals surface area contributed by atoms with Gasteiger partial charge in [0.1, 0.15) is 5.60 Å². The molecule has 2 amide bonds. The average Bonchev–Trinajstić information content (AvgIpc) is 2.55. The summed E-state index contributed by atoms with van der Waals surface area (Å²) in [5.74, 6) is 0.514. The van der Waals surface area contributed by atoms with Gasteiger partial charge in [-0.1, -0.05) is 11.6 Å². The SMILES string of the molecule is CC(C)(C)OC(=O)N1CCC(CC(=O)NCCC2=CCCCC2)CC1. The van der Waals surface area contributed by atoms with Gasteiger partial charge in [0.05, 0.1) is 0 Å². The lowest BCUT2D eigenvalue weighted by Crippen LogP contribution is -2.42. The maximum absolute atomic E-state index is 12.1. The predicted molar refractivity (Wildman–Crippen MR) is 99.3 cm³/mol. The molecule has 25 heavy (non-hydrogen) atoms. The van der Waals surface area contributed by atoms with Crippen molar-refractivity contribution in [3.63, 3.8) is 0 Å². The Morgan fingerprint density at radius 3 is 2.56 bits per heavy atom. The molecule has 2 aliphatic rings. The molecular weight excluding hydrogens is 316 g/mol. The fourth-order valence-electron chi connectivity index (χ4n) is 3.47.